The summed E-state index contributed by atoms with van der Waals surface area (Å²) in [6, 6.07) is 38.9. The third kappa shape index (κ3) is 2.68. The Kier molecular flexibility index (Phi) is 3.80. The summed E-state index contributed by atoms with van der Waals surface area (Å²) in [4.78, 5) is 0. The van der Waals surface area contributed by atoms with Gasteiger partial charge in [0.2, 0.25) is 0 Å². The molecule has 7 rings (SSSR count). The smallest absolute Gasteiger partial charge is 0.143 e. The Balaban J connectivity index is 1.55. The molecular formula is C31H21NO. The Morgan fingerprint density at radius 2 is 1.30 bits per heavy atom. The minimum absolute atomic E-state index is 0.926. The van der Waals surface area contributed by atoms with Gasteiger partial charge in [0.05, 0.1) is 11.0 Å². The van der Waals surface area contributed by atoms with Gasteiger partial charge in [-0.15, -0.1) is 0 Å². The topological polar surface area (TPSA) is 18.1 Å². The van der Waals surface area contributed by atoms with Gasteiger partial charge >= 0.3 is 0 Å². The van der Waals surface area contributed by atoms with Gasteiger partial charge < -0.3 is 8.98 Å². The van der Waals surface area contributed by atoms with E-state index in [1.807, 2.05) is 12.1 Å². The van der Waals surface area contributed by atoms with E-state index in [9.17, 15) is 0 Å². The van der Waals surface area contributed by atoms with E-state index in [2.05, 4.69) is 109 Å². The van der Waals surface area contributed by atoms with E-state index in [1.165, 1.54) is 33.1 Å². The van der Waals surface area contributed by atoms with Crippen molar-refractivity contribution >= 4 is 43.7 Å². The molecule has 7 aromatic rings. The fourth-order valence-corrected chi connectivity index (χ4v) is 5.08. The predicted molar refractivity (Wildman–Crippen MR) is 138 cm³/mol. The molecule has 0 radical (unpaired) electrons. The van der Waals surface area contributed by atoms with Crippen molar-refractivity contribution < 1.29 is 4.42 Å². The number of para-hydroxylation sites is 3. The molecular weight excluding hydrogens is 402 g/mol. The Bertz CT molecular complexity index is 1820. The summed E-state index contributed by atoms with van der Waals surface area (Å²) in [5.74, 6) is 0. The van der Waals surface area contributed by atoms with Crippen molar-refractivity contribution in [2.24, 2.45) is 0 Å². The van der Waals surface area contributed by atoms with Crippen LogP contribution in [-0.2, 0) is 0 Å². The maximum atomic E-state index is 6.33. The standard InChI is InChI=1S/C31H21NO/c1-20-13-16-22(17-14-20)32-28-11-4-2-7-24(28)25-18-15-21(19-29(25)32)23-9-6-10-27-26-8-3-5-12-30(26)33-31(23)27/h2-19H,1H3. The first-order valence-electron chi connectivity index (χ1n) is 11.3. The van der Waals surface area contributed by atoms with Gasteiger partial charge in [-0.1, -0.05) is 84.4 Å². The molecule has 0 unspecified atom stereocenters. The minimum atomic E-state index is 0.926. The van der Waals surface area contributed by atoms with E-state index >= 15 is 0 Å². The molecule has 0 spiro atoms. The molecule has 0 aliphatic rings. The number of benzene rings is 5. The highest BCUT2D eigenvalue weighted by molar-refractivity contribution is 6.12. The number of nitrogens with zero attached hydrogens (tertiary/aromatic N) is 1. The summed E-state index contributed by atoms with van der Waals surface area (Å²) in [5.41, 5.74) is 8.99. The molecule has 156 valence electrons. The zero-order valence-corrected chi connectivity index (χ0v) is 18.2. The maximum absolute atomic E-state index is 6.33. The Morgan fingerprint density at radius 3 is 2.18 bits per heavy atom. The van der Waals surface area contributed by atoms with Crippen LogP contribution in [0.5, 0.6) is 0 Å². The molecule has 2 heteroatoms. The summed E-state index contributed by atoms with van der Waals surface area (Å²) in [6.07, 6.45) is 0. The van der Waals surface area contributed by atoms with E-state index < -0.39 is 0 Å². The molecule has 0 saturated heterocycles. The molecule has 33 heavy (non-hydrogen) atoms. The van der Waals surface area contributed by atoms with E-state index in [0.717, 1.165) is 33.1 Å². The molecule has 2 aromatic heterocycles. The molecule has 0 fully saturated rings. The Hall–Kier alpha value is -4.30. The van der Waals surface area contributed by atoms with Crippen molar-refractivity contribution in [1.82, 2.24) is 4.57 Å². The zero-order valence-electron chi connectivity index (χ0n) is 18.2. The van der Waals surface area contributed by atoms with Gasteiger partial charge in [0.1, 0.15) is 11.2 Å². The van der Waals surface area contributed by atoms with E-state index in [0.29, 0.717) is 0 Å². The molecule has 2 nitrogen and oxygen atoms in total. The van der Waals surface area contributed by atoms with Crippen LogP contribution in [0.4, 0.5) is 0 Å². The van der Waals surface area contributed by atoms with Crippen LogP contribution < -0.4 is 0 Å². The van der Waals surface area contributed by atoms with Crippen molar-refractivity contribution in [3.8, 4) is 16.8 Å². The van der Waals surface area contributed by atoms with Crippen molar-refractivity contribution in [2.45, 2.75) is 6.92 Å². The highest BCUT2D eigenvalue weighted by atomic mass is 16.3. The second-order valence-electron chi connectivity index (χ2n) is 8.70. The molecule has 0 N–H and O–H groups in total. The van der Waals surface area contributed by atoms with E-state index in [1.54, 1.807) is 0 Å². The fraction of sp³-hybridized carbons (Fsp3) is 0.0323. The monoisotopic (exact) mass is 423 g/mol. The molecule has 5 aromatic carbocycles. The highest BCUT2D eigenvalue weighted by Crippen LogP contribution is 2.39. The third-order valence-corrected chi connectivity index (χ3v) is 6.68. The van der Waals surface area contributed by atoms with Crippen LogP contribution in [0.25, 0.3) is 60.6 Å². The Labute approximate surface area is 191 Å². The minimum Gasteiger partial charge on any atom is -0.455 e. The van der Waals surface area contributed by atoms with Crippen molar-refractivity contribution in [3.63, 3.8) is 0 Å². The number of hydrogen-bond donors (Lipinski definition) is 0. The average molecular weight is 424 g/mol. The summed E-state index contributed by atoms with van der Waals surface area (Å²) in [5, 5.41) is 4.83. The van der Waals surface area contributed by atoms with Gasteiger partial charge in [0, 0.05) is 32.8 Å². The first-order chi connectivity index (χ1) is 16.3. The van der Waals surface area contributed by atoms with Gasteiger partial charge in [-0.3, -0.25) is 0 Å². The predicted octanol–water partition coefficient (Wildman–Crippen LogP) is 8.66. The first-order valence-corrected chi connectivity index (χ1v) is 11.3. The number of furan rings is 1. The first kappa shape index (κ1) is 18.3. The largest absolute Gasteiger partial charge is 0.455 e. The lowest BCUT2D eigenvalue weighted by atomic mass is 10.0. The lowest BCUT2D eigenvalue weighted by Crippen LogP contribution is -1.94. The molecule has 0 aliphatic heterocycles. The van der Waals surface area contributed by atoms with Gasteiger partial charge in [-0.2, -0.15) is 0 Å². The summed E-state index contributed by atoms with van der Waals surface area (Å²) < 4.78 is 8.70. The van der Waals surface area contributed by atoms with Crippen LogP contribution in [0.15, 0.2) is 114 Å². The lowest BCUT2D eigenvalue weighted by molar-refractivity contribution is 0.670. The van der Waals surface area contributed by atoms with Crippen LogP contribution in [-0.4, -0.2) is 4.57 Å². The van der Waals surface area contributed by atoms with Crippen molar-refractivity contribution in [1.29, 1.82) is 0 Å². The summed E-state index contributed by atoms with van der Waals surface area (Å²) >= 11 is 0. The number of hydrogen-bond acceptors (Lipinski definition) is 1. The molecule has 0 bridgehead atoms. The number of aryl methyl sites for hydroxylation is 1. The molecule has 0 saturated carbocycles. The SMILES string of the molecule is Cc1ccc(-n2c3ccccc3c3ccc(-c4cccc5c4oc4ccccc45)cc32)cc1. The molecule has 2 heterocycles. The average Bonchev–Trinajstić information content (AvgIpc) is 3.40. The van der Waals surface area contributed by atoms with Gasteiger partial charge in [-0.25, -0.2) is 0 Å². The number of fused-ring (bicyclic) bond motifs is 6. The second kappa shape index (κ2) is 6.85. The normalized spacial score (nSPS) is 11.8. The molecule has 0 atom stereocenters. The van der Waals surface area contributed by atoms with Crippen LogP contribution in [0.3, 0.4) is 0 Å². The molecule has 0 aliphatic carbocycles. The van der Waals surface area contributed by atoms with Gasteiger partial charge in [-0.05, 0) is 42.8 Å². The zero-order chi connectivity index (χ0) is 21.9. The van der Waals surface area contributed by atoms with Gasteiger partial charge in [0.25, 0.3) is 0 Å². The van der Waals surface area contributed by atoms with Crippen molar-refractivity contribution in [2.75, 3.05) is 0 Å². The molecule has 0 amide bonds. The fourth-order valence-electron chi connectivity index (χ4n) is 5.08. The lowest BCUT2D eigenvalue weighted by Gasteiger charge is -2.09. The highest BCUT2D eigenvalue weighted by Gasteiger charge is 2.16. The van der Waals surface area contributed by atoms with Crippen molar-refractivity contribution in [3.05, 3.63) is 115 Å². The van der Waals surface area contributed by atoms with E-state index in [-0.39, 0.29) is 0 Å². The van der Waals surface area contributed by atoms with Crippen LogP contribution >= 0.6 is 0 Å². The Morgan fingerprint density at radius 1 is 0.576 bits per heavy atom. The van der Waals surface area contributed by atoms with Gasteiger partial charge in [0.15, 0.2) is 0 Å². The third-order valence-electron chi connectivity index (χ3n) is 6.68. The maximum Gasteiger partial charge on any atom is 0.143 e. The summed E-state index contributed by atoms with van der Waals surface area (Å²) in [7, 11) is 0. The number of aromatic nitrogens is 1. The quantitative estimate of drug-likeness (QED) is 0.272. The second-order valence-corrected chi connectivity index (χ2v) is 8.70. The van der Waals surface area contributed by atoms with E-state index in [4.69, 9.17) is 4.42 Å². The van der Waals surface area contributed by atoms with Crippen LogP contribution in [0.2, 0.25) is 0 Å². The number of rotatable bonds is 2. The van der Waals surface area contributed by atoms with Crippen LogP contribution in [0, 0.1) is 6.92 Å². The van der Waals surface area contributed by atoms with Crippen LogP contribution in [0.1, 0.15) is 5.56 Å². The summed E-state index contributed by atoms with van der Waals surface area (Å²) in [6.45, 7) is 2.13.